The summed E-state index contributed by atoms with van der Waals surface area (Å²) in [6.07, 6.45) is 3.56. The molecule has 1 aliphatic rings. The molecule has 1 aromatic carbocycles. The highest BCUT2D eigenvalue weighted by molar-refractivity contribution is 9.10. The summed E-state index contributed by atoms with van der Waals surface area (Å²) in [5.74, 6) is 0.618. The highest BCUT2D eigenvalue weighted by Crippen LogP contribution is 2.39. The summed E-state index contributed by atoms with van der Waals surface area (Å²) in [7, 11) is 0. The van der Waals surface area contributed by atoms with Gasteiger partial charge in [-0.1, -0.05) is 41.8 Å². The van der Waals surface area contributed by atoms with Gasteiger partial charge in [-0.15, -0.1) is 0 Å². The molecule has 2 rings (SSSR count). The molecule has 1 atom stereocenters. The van der Waals surface area contributed by atoms with Crippen LogP contribution in [-0.4, -0.2) is 5.11 Å². The topological polar surface area (TPSA) is 20.2 Å². The quantitative estimate of drug-likeness (QED) is 0.855. The molecule has 1 saturated carbocycles. The van der Waals surface area contributed by atoms with E-state index in [2.05, 4.69) is 22.9 Å². The highest BCUT2D eigenvalue weighted by Gasteiger charge is 2.28. The van der Waals surface area contributed by atoms with Crippen LogP contribution in [0.2, 0.25) is 0 Å². The Hall–Kier alpha value is -0.410. The zero-order valence-electron chi connectivity index (χ0n) is 10.00. The molecule has 0 heterocycles. The Morgan fingerprint density at radius 1 is 1.29 bits per heavy atom. The molecule has 1 N–H and O–H groups in total. The van der Waals surface area contributed by atoms with Crippen molar-refractivity contribution in [3.05, 3.63) is 34.1 Å². The molecule has 94 valence electrons. The van der Waals surface area contributed by atoms with Crippen molar-refractivity contribution in [3.8, 4) is 0 Å². The minimum atomic E-state index is -0.682. The number of aliphatic hydroxyl groups is 1. The van der Waals surface area contributed by atoms with Crippen LogP contribution in [0.3, 0.4) is 0 Å². The minimum absolute atomic E-state index is 0.194. The zero-order valence-corrected chi connectivity index (χ0v) is 11.6. The van der Waals surface area contributed by atoms with Gasteiger partial charge in [0.2, 0.25) is 0 Å². The monoisotopic (exact) mass is 300 g/mol. The van der Waals surface area contributed by atoms with Crippen LogP contribution < -0.4 is 0 Å². The van der Waals surface area contributed by atoms with Crippen molar-refractivity contribution in [2.24, 2.45) is 11.8 Å². The predicted octanol–water partition coefficient (Wildman–Crippen LogP) is 4.45. The lowest BCUT2D eigenvalue weighted by molar-refractivity contribution is 0.0720. The van der Waals surface area contributed by atoms with Gasteiger partial charge >= 0.3 is 0 Å². The van der Waals surface area contributed by atoms with Crippen LogP contribution in [0.15, 0.2) is 22.7 Å². The normalized spacial score (nSPS) is 26.8. The lowest BCUT2D eigenvalue weighted by Gasteiger charge is -2.30. The Bertz CT molecular complexity index is 366. The predicted molar refractivity (Wildman–Crippen MR) is 70.2 cm³/mol. The van der Waals surface area contributed by atoms with Crippen LogP contribution in [0.25, 0.3) is 0 Å². The maximum absolute atomic E-state index is 13.7. The second kappa shape index (κ2) is 5.49. The van der Waals surface area contributed by atoms with E-state index >= 15 is 0 Å². The van der Waals surface area contributed by atoms with Gasteiger partial charge in [0.15, 0.2) is 0 Å². The summed E-state index contributed by atoms with van der Waals surface area (Å²) in [4.78, 5) is 0. The number of halogens is 2. The molecule has 0 aromatic heterocycles. The van der Waals surface area contributed by atoms with E-state index in [1.165, 1.54) is 6.07 Å². The lowest BCUT2D eigenvalue weighted by atomic mass is 9.78. The van der Waals surface area contributed by atoms with E-state index in [1.807, 2.05) is 0 Å². The lowest BCUT2D eigenvalue weighted by Crippen LogP contribution is -2.20. The van der Waals surface area contributed by atoms with Crippen LogP contribution in [0, 0.1) is 17.7 Å². The fourth-order valence-corrected chi connectivity index (χ4v) is 3.21. The third-order valence-electron chi connectivity index (χ3n) is 3.80. The number of rotatable bonds is 2. The Balaban J connectivity index is 2.16. The fourth-order valence-electron chi connectivity index (χ4n) is 2.63. The van der Waals surface area contributed by atoms with Crippen LogP contribution in [0.5, 0.6) is 0 Å². The molecule has 1 unspecified atom stereocenters. The van der Waals surface area contributed by atoms with Crippen LogP contribution in [0.1, 0.15) is 44.3 Å². The summed E-state index contributed by atoms with van der Waals surface area (Å²) in [5.41, 5.74) is 0.423. The van der Waals surface area contributed by atoms with Crippen molar-refractivity contribution >= 4 is 15.9 Å². The van der Waals surface area contributed by atoms with Crippen molar-refractivity contribution in [1.82, 2.24) is 0 Å². The first-order valence-electron chi connectivity index (χ1n) is 6.21. The Labute approximate surface area is 110 Å². The average Bonchev–Trinajstić information content (AvgIpc) is 2.29. The first kappa shape index (κ1) is 13.0. The van der Waals surface area contributed by atoms with Gasteiger partial charge in [0.1, 0.15) is 5.82 Å². The van der Waals surface area contributed by atoms with Crippen molar-refractivity contribution in [2.75, 3.05) is 0 Å². The standard InChI is InChI=1S/C14H18BrFO/c1-9-5-7-10(8-6-9)14(17)13-11(15)3-2-4-12(13)16/h2-4,9-10,14,17H,5-8H2,1H3. The van der Waals surface area contributed by atoms with Gasteiger partial charge in [-0.2, -0.15) is 0 Å². The Morgan fingerprint density at radius 3 is 2.53 bits per heavy atom. The van der Waals surface area contributed by atoms with Crippen molar-refractivity contribution in [3.63, 3.8) is 0 Å². The van der Waals surface area contributed by atoms with E-state index in [4.69, 9.17) is 0 Å². The Morgan fingerprint density at radius 2 is 1.94 bits per heavy atom. The van der Waals surface area contributed by atoms with Crippen molar-refractivity contribution < 1.29 is 9.50 Å². The van der Waals surface area contributed by atoms with Gasteiger partial charge in [0.25, 0.3) is 0 Å². The first-order valence-corrected chi connectivity index (χ1v) is 7.01. The van der Waals surface area contributed by atoms with E-state index in [1.54, 1.807) is 12.1 Å². The molecule has 0 bridgehead atoms. The van der Waals surface area contributed by atoms with Gasteiger partial charge in [0, 0.05) is 10.0 Å². The fraction of sp³-hybridized carbons (Fsp3) is 0.571. The first-order chi connectivity index (χ1) is 8.09. The van der Waals surface area contributed by atoms with Gasteiger partial charge in [-0.05, 0) is 36.8 Å². The molecule has 1 fully saturated rings. The number of aliphatic hydroxyl groups excluding tert-OH is 1. The number of hydrogen-bond acceptors (Lipinski definition) is 1. The molecule has 1 nitrogen and oxygen atoms in total. The molecule has 17 heavy (non-hydrogen) atoms. The van der Waals surface area contributed by atoms with Crippen molar-refractivity contribution in [2.45, 2.75) is 38.7 Å². The molecule has 1 aliphatic carbocycles. The summed E-state index contributed by atoms with van der Waals surface area (Å²) >= 11 is 3.33. The average molecular weight is 301 g/mol. The largest absolute Gasteiger partial charge is 0.388 e. The van der Waals surface area contributed by atoms with Gasteiger partial charge < -0.3 is 5.11 Å². The molecule has 0 radical (unpaired) electrons. The second-order valence-corrected chi connectivity index (χ2v) is 5.95. The smallest absolute Gasteiger partial charge is 0.130 e. The number of hydrogen-bond donors (Lipinski definition) is 1. The molecular weight excluding hydrogens is 283 g/mol. The van der Waals surface area contributed by atoms with E-state index in [0.717, 1.165) is 31.6 Å². The maximum Gasteiger partial charge on any atom is 0.130 e. The molecule has 0 saturated heterocycles. The van der Waals surface area contributed by atoms with Gasteiger partial charge in [-0.25, -0.2) is 4.39 Å². The summed E-state index contributed by atoms with van der Waals surface area (Å²) < 4.78 is 14.4. The third kappa shape index (κ3) is 2.89. The summed E-state index contributed by atoms with van der Waals surface area (Å²) in [6, 6.07) is 4.85. The highest BCUT2D eigenvalue weighted by atomic mass is 79.9. The van der Waals surface area contributed by atoms with E-state index in [0.29, 0.717) is 10.0 Å². The van der Waals surface area contributed by atoms with E-state index < -0.39 is 6.10 Å². The Kier molecular flexibility index (Phi) is 4.21. The van der Waals surface area contributed by atoms with E-state index in [-0.39, 0.29) is 11.7 Å². The molecular formula is C14H18BrFO. The SMILES string of the molecule is CC1CCC(C(O)c2c(F)cccc2Br)CC1. The van der Waals surface area contributed by atoms with Gasteiger partial charge in [-0.3, -0.25) is 0 Å². The molecule has 0 amide bonds. The number of benzene rings is 1. The van der Waals surface area contributed by atoms with Crippen LogP contribution >= 0.6 is 15.9 Å². The summed E-state index contributed by atoms with van der Waals surface area (Å²) in [5, 5.41) is 10.3. The van der Waals surface area contributed by atoms with Crippen LogP contribution in [0.4, 0.5) is 4.39 Å². The zero-order chi connectivity index (χ0) is 12.4. The van der Waals surface area contributed by atoms with Gasteiger partial charge in [0.05, 0.1) is 6.10 Å². The third-order valence-corrected chi connectivity index (χ3v) is 4.49. The minimum Gasteiger partial charge on any atom is -0.388 e. The molecule has 0 aliphatic heterocycles. The van der Waals surface area contributed by atoms with Crippen molar-refractivity contribution in [1.29, 1.82) is 0 Å². The van der Waals surface area contributed by atoms with Crippen LogP contribution in [-0.2, 0) is 0 Å². The maximum atomic E-state index is 13.7. The van der Waals surface area contributed by atoms with E-state index in [9.17, 15) is 9.50 Å². The molecule has 3 heteroatoms. The summed E-state index contributed by atoms with van der Waals surface area (Å²) in [6.45, 7) is 2.24. The molecule has 1 aromatic rings. The second-order valence-electron chi connectivity index (χ2n) is 5.10. The molecule has 0 spiro atoms.